The average Bonchev–Trinajstić information content (AvgIpc) is 3.18. The Morgan fingerprint density at radius 2 is 2.22 bits per heavy atom. The molecule has 23 heavy (non-hydrogen) atoms. The number of carbonyl (C=O) groups is 2. The number of rotatable bonds is 4. The van der Waals surface area contributed by atoms with E-state index in [0.29, 0.717) is 30.6 Å². The first-order valence-electron chi connectivity index (χ1n) is 8.14. The molecule has 0 aromatic heterocycles. The quantitative estimate of drug-likeness (QED) is 0.492. The number of ether oxygens (including phenoxy) is 1. The van der Waals surface area contributed by atoms with Crippen molar-refractivity contribution in [2.75, 3.05) is 6.61 Å². The van der Waals surface area contributed by atoms with Crippen LogP contribution >= 0.6 is 0 Å². The van der Waals surface area contributed by atoms with Gasteiger partial charge in [0.2, 0.25) is 0 Å². The van der Waals surface area contributed by atoms with Crippen LogP contribution in [0.5, 0.6) is 0 Å². The Kier molecular flexibility index (Phi) is 4.81. The van der Waals surface area contributed by atoms with E-state index < -0.39 is 17.0 Å². The molecule has 2 aliphatic rings. The van der Waals surface area contributed by atoms with Gasteiger partial charge in [0.05, 0.1) is 6.61 Å². The van der Waals surface area contributed by atoms with Gasteiger partial charge >= 0.3 is 5.97 Å². The fourth-order valence-corrected chi connectivity index (χ4v) is 3.23. The molecular weight excluding hydrogens is 292 g/mol. The molecule has 4 nitrogen and oxygen atoms in total. The highest BCUT2D eigenvalue weighted by atomic mass is 16.5. The van der Waals surface area contributed by atoms with E-state index in [4.69, 9.17) is 4.74 Å². The Bertz CT molecular complexity index is 646. The Morgan fingerprint density at radius 3 is 2.83 bits per heavy atom. The van der Waals surface area contributed by atoms with Crippen molar-refractivity contribution in [3.8, 4) is 11.8 Å². The van der Waals surface area contributed by atoms with Crippen LogP contribution in [0.3, 0.4) is 0 Å². The van der Waals surface area contributed by atoms with Crippen molar-refractivity contribution in [3.05, 3.63) is 23.3 Å². The van der Waals surface area contributed by atoms with Crippen LogP contribution in [0.4, 0.5) is 0 Å². The van der Waals surface area contributed by atoms with E-state index in [2.05, 4.69) is 11.8 Å². The van der Waals surface area contributed by atoms with Crippen molar-refractivity contribution in [2.24, 2.45) is 11.3 Å². The molecule has 0 aliphatic heterocycles. The third kappa shape index (κ3) is 3.11. The molecule has 0 spiro atoms. The molecule has 1 saturated carbocycles. The lowest BCUT2D eigenvalue weighted by atomic mass is 9.74. The van der Waals surface area contributed by atoms with Gasteiger partial charge in [0.15, 0.2) is 11.4 Å². The van der Waals surface area contributed by atoms with Gasteiger partial charge < -0.3 is 9.84 Å². The van der Waals surface area contributed by atoms with E-state index in [1.807, 2.05) is 13.8 Å². The van der Waals surface area contributed by atoms with Gasteiger partial charge in [-0.3, -0.25) is 4.79 Å². The highest BCUT2D eigenvalue weighted by Gasteiger charge is 2.67. The first-order chi connectivity index (χ1) is 10.8. The summed E-state index contributed by atoms with van der Waals surface area (Å²) in [5, 5.41) is 11.0. The minimum absolute atomic E-state index is 0.0762. The van der Waals surface area contributed by atoms with E-state index in [1.54, 1.807) is 13.8 Å². The van der Waals surface area contributed by atoms with Gasteiger partial charge in [0.25, 0.3) is 0 Å². The van der Waals surface area contributed by atoms with Gasteiger partial charge in [-0.2, -0.15) is 0 Å². The summed E-state index contributed by atoms with van der Waals surface area (Å²) in [4.78, 5) is 23.5. The lowest BCUT2D eigenvalue weighted by Gasteiger charge is -2.34. The molecule has 3 atom stereocenters. The van der Waals surface area contributed by atoms with Crippen LogP contribution < -0.4 is 0 Å². The molecule has 3 unspecified atom stereocenters. The van der Waals surface area contributed by atoms with Crippen molar-refractivity contribution < 1.29 is 19.4 Å². The monoisotopic (exact) mass is 316 g/mol. The molecule has 1 N–H and O–H groups in total. The summed E-state index contributed by atoms with van der Waals surface area (Å²) in [6, 6.07) is 0. The molecule has 4 heteroatoms. The zero-order valence-electron chi connectivity index (χ0n) is 14.2. The van der Waals surface area contributed by atoms with Gasteiger partial charge in [-0.15, -0.1) is 0 Å². The second-order valence-electron chi connectivity index (χ2n) is 6.54. The van der Waals surface area contributed by atoms with Gasteiger partial charge in [-0.25, -0.2) is 4.79 Å². The lowest BCUT2D eigenvalue weighted by molar-refractivity contribution is -0.137. The van der Waals surface area contributed by atoms with Crippen molar-refractivity contribution in [3.63, 3.8) is 0 Å². The number of hydrogen-bond donors (Lipinski definition) is 1. The van der Waals surface area contributed by atoms with Gasteiger partial charge in [-0.1, -0.05) is 32.1 Å². The predicted octanol–water partition coefficient (Wildman–Crippen LogP) is 2.57. The molecule has 124 valence electrons. The van der Waals surface area contributed by atoms with Crippen LogP contribution in [0.25, 0.3) is 0 Å². The molecule has 0 aromatic carbocycles. The summed E-state index contributed by atoms with van der Waals surface area (Å²) in [6.07, 6.45) is 5.02. The largest absolute Gasteiger partial charge is 0.463 e. The molecule has 2 aliphatic carbocycles. The fraction of sp³-hybridized carbons (Fsp3) is 0.579. The van der Waals surface area contributed by atoms with E-state index in [-0.39, 0.29) is 11.7 Å². The Morgan fingerprint density at radius 1 is 1.52 bits per heavy atom. The second-order valence-corrected chi connectivity index (χ2v) is 6.54. The van der Waals surface area contributed by atoms with Crippen LogP contribution in [-0.2, 0) is 14.3 Å². The van der Waals surface area contributed by atoms with Gasteiger partial charge in [-0.05, 0) is 38.3 Å². The van der Waals surface area contributed by atoms with Gasteiger partial charge in [0.1, 0.15) is 0 Å². The van der Waals surface area contributed by atoms with Crippen molar-refractivity contribution in [1.29, 1.82) is 0 Å². The third-order valence-electron chi connectivity index (χ3n) is 4.84. The van der Waals surface area contributed by atoms with E-state index in [0.717, 1.165) is 6.42 Å². The van der Waals surface area contributed by atoms with Crippen LogP contribution in [0.1, 0.15) is 47.0 Å². The topological polar surface area (TPSA) is 63.6 Å². The highest BCUT2D eigenvalue weighted by molar-refractivity contribution is 5.98. The zero-order valence-corrected chi connectivity index (χ0v) is 14.2. The molecule has 0 heterocycles. The van der Waals surface area contributed by atoms with Crippen molar-refractivity contribution in [1.82, 2.24) is 0 Å². The van der Waals surface area contributed by atoms with Gasteiger partial charge in [0, 0.05) is 23.0 Å². The number of aliphatic hydroxyl groups is 1. The smallest absolute Gasteiger partial charge is 0.331 e. The SMILES string of the molecule is CCCC(C#CC1(O)C(C)=CC(=O)C2CC21C)=CC(=O)OCC. The molecule has 0 bridgehead atoms. The summed E-state index contributed by atoms with van der Waals surface area (Å²) in [7, 11) is 0. The zero-order chi connectivity index (χ0) is 17.3. The summed E-state index contributed by atoms with van der Waals surface area (Å²) in [6.45, 7) is 7.70. The van der Waals surface area contributed by atoms with Crippen LogP contribution in [0.2, 0.25) is 0 Å². The number of esters is 1. The molecule has 1 fully saturated rings. The maximum Gasteiger partial charge on any atom is 0.331 e. The fourth-order valence-electron chi connectivity index (χ4n) is 3.23. The van der Waals surface area contributed by atoms with Crippen LogP contribution in [0.15, 0.2) is 23.3 Å². The van der Waals surface area contributed by atoms with Crippen molar-refractivity contribution in [2.45, 2.75) is 52.6 Å². The number of carbonyl (C=O) groups excluding carboxylic acids is 2. The van der Waals surface area contributed by atoms with Crippen molar-refractivity contribution >= 4 is 11.8 Å². The summed E-state index contributed by atoms with van der Waals surface area (Å²) in [5.41, 5.74) is -0.604. The van der Waals surface area contributed by atoms with E-state index >= 15 is 0 Å². The first kappa shape index (κ1) is 17.5. The number of hydrogen-bond acceptors (Lipinski definition) is 4. The van der Waals surface area contributed by atoms with E-state index in [9.17, 15) is 14.7 Å². The Balaban J connectivity index is 2.32. The number of ketones is 1. The molecular formula is C19H24O4. The minimum atomic E-state index is -1.31. The molecule has 0 radical (unpaired) electrons. The maximum absolute atomic E-state index is 11.9. The molecule has 2 rings (SSSR count). The highest BCUT2D eigenvalue weighted by Crippen LogP contribution is 2.63. The normalized spacial score (nSPS) is 32.4. The summed E-state index contributed by atoms with van der Waals surface area (Å²) in [5.74, 6) is 5.41. The van der Waals surface area contributed by atoms with Crippen LogP contribution in [0, 0.1) is 23.2 Å². The maximum atomic E-state index is 11.9. The average molecular weight is 316 g/mol. The number of allylic oxidation sites excluding steroid dienone is 2. The second kappa shape index (κ2) is 6.33. The standard InChI is InChI=1S/C19H24O4/c1-5-7-14(11-17(21)23-6-2)8-9-19(22)13(3)10-16(20)15-12-18(15,19)4/h10-11,15,22H,5-7,12H2,1-4H3. The Hall–Kier alpha value is -1.86. The minimum Gasteiger partial charge on any atom is -0.463 e. The summed E-state index contributed by atoms with van der Waals surface area (Å²) < 4.78 is 4.92. The molecule has 0 aromatic rings. The van der Waals surface area contributed by atoms with Crippen LogP contribution in [-0.4, -0.2) is 29.1 Å². The third-order valence-corrected chi connectivity index (χ3v) is 4.84. The Labute approximate surface area is 137 Å². The lowest BCUT2D eigenvalue weighted by Crippen LogP contribution is -2.42. The first-order valence-corrected chi connectivity index (χ1v) is 8.14. The molecule has 0 amide bonds. The number of fused-ring (bicyclic) bond motifs is 1. The predicted molar refractivity (Wildman–Crippen MR) is 87.3 cm³/mol. The summed E-state index contributed by atoms with van der Waals surface area (Å²) >= 11 is 0. The molecule has 0 saturated heterocycles. The van der Waals surface area contributed by atoms with E-state index in [1.165, 1.54) is 12.2 Å².